The van der Waals surface area contributed by atoms with Crippen LogP contribution in [-0.2, 0) is 49.3 Å². The van der Waals surface area contributed by atoms with Gasteiger partial charge in [-0.15, -0.1) is 0 Å². The van der Waals surface area contributed by atoms with E-state index in [-0.39, 0.29) is 11.2 Å². The molecule has 0 heterocycles. The zero-order valence-corrected chi connectivity index (χ0v) is 56.9. The van der Waals surface area contributed by atoms with Crippen molar-refractivity contribution < 1.29 is 49.3 Å². The number of thioether (sulfide) groups is 6. The molecule has 0 aromatic carbocycles. The van der Waals surface area contributed by atoms with Crippen LogP contribution in [0.15, 0.2) is 0 Å². The molecule has 0 rings (SSSR count). The summed E-state index contributed by atoms with van der Waals surface area (Å²) in [6.45, 7) is 8.42. The molecule has 11 nitrogen and oxygen atoms in total. The third-order valence-corrected chi connectivity index (χ3v) is 29.1. The van der Waals surface area contributed by atoms with Crippen molar-refractivity contribution in [3.05, 3.63) is 0 Å². The summed E-state index contributed by atoms with van der Waals surface area (Å²) in [7, 11) is 7.68. The molecule has 0 spiro atoms. The predicted molar refractivity (Wildman–Crippen MR) is 335 cm³/mol. The van der Waals surface area contributed by atoms with Crippen LogP contribution in [0.4, 0.5) is 0 Å². The number of hydrogen-bond acceptors (Lipinski definition) is 17. The molecule has 0 amide bonds. The Kier molecular flexibility index (Phi) is 52.8. The van der Waals surface area contributed by atoms with Gasteiger partial charge in [-0.05, 0) is 191 Å². The van der Waals surface area contributed by atoms with Gasteiger partial charge in [0.25, 0.3) is 0 Å². The molecular weight excluding hydrogens is 1090 g/mol. The highest BCUT2D eigenvalue weighted by atomic mass is 32.2. The van der Waals surface area contributed by atoms with Crippen molar-refractivity contribution in [3.8, 4) is 0 Å². The molecule has 0 aliphatic carbocycles. The molecule has 0 saturated heterocycles. The Balaban J connectivity index is 6.30. The van der Waals surface area contributed by atoms with Gasteiger partial charge in [0.1, 0.15) is 0 Å². The smallest absolute Gasteiger partial charge is 0.377 e. The Morgan fingerprint density at radius 2 is 0.452 bits per heavy atom. The minimum absolute atomic E-state index is 0.0432. The summed E-state index contributed by atoms with van der Waals surface area (Å²) in [6.07, 6.45) is 25.6. The fourth-order valence-electron chi connectivity index (χ4n) is 8.99. The molecule has 0 aliphatic rings. The van der Waals surface area contributed by atoms with E-state index in [1.807, 2.05) is 35.3 Å². The summed E-state index contributed by atoms with van der Waals surface area (Å²) in [5, 5.41) is 0. The first-order valence-corrected chi connectivity index (χ1v) is 41.0. The van der Waals surface area contributed by atoms with Gasteiger partial charge in [0.2, 0.25) is 0 Å². The summed E-state index contributed by atoms with van der Waals surface area (Å²) in [4.78, 5) is 0. The number of ether oxygens (including phenoxy) is 2. The second-order valence-electron chi connectivity index (χ2n) is 19.0. The van der Waals surface area contributed by atoms with E-state index in [1.54, 1.807) is 64.0 Å². The molecule has 73 heavy (non-hydrogen) atoms. The van der Waals surface area contributed by atoms with Crippen LogP contribution in [0.3, 0.4) is 0 Å². The molecule has 0 bridgehead atoms. The van der Waals surface area contributed by atoms with E-state index < -0.39 is 26.4 Å². The Labute approximate surface area is 480 Å². The van der Waals surface area contributed by atoms with Crippen LogP contribution >= 0.6 is 70.6 Å². The maximum absolute atomic E-state index is 7.35. The van der Waals surface area contributed by atoms with Crippen molar-refractivity contribution in [1.29, 1.82) is 0 Å². The number of hydrogen-bond donors (Lipinski definition) is 0. The van der Waals surface area contributed by atoms with Crippen molar-refractivity contribution in [2.75, 3.05) is 146 Å². The van der Waals surface area contributed by atoms with E-state index in [2.05, 4.69) is 56.1 Å². The van der Waals surface area contributed by atoms with Crippen LogP contribution in [0.2, 0.25) is 18.1 Å². The first-order valence-electron chi connectivity index (χ1n) is 28.3. The quantitative estimate of drug-likeness (QED) is 0.0426. The van der Waals surface area contributed by atoms with Crippen LogP contribution in [0.1, 0.15) is 162 Å². The molecule has 0 fully saturated rings. The van der Waals surface area contributed by atoms with E-state index in [0.29, 0.717) is 0 Å². The average molecular weight is 1200 g/mol. The lowest BCUT2D eigenvalue weighted by molar-refractivity contribution is -0.0937. The Morgan fingerprint density at radius 1 is 0.260 bits per heavy atom. The average Bonchev–Trinajstić information content (AvgIpc) is 3.42. The topological polar surface area (TPSA) is 102 Å². The largest absolute Gasteiger partial charge is 0.500 e. The van der Waals surface area contributed by atoms with E-state index in [0.717, 1.165) is 130 Å². The lowest BCUT2D eigenvalue weighted by Gasteiger charge is -2.36. The third kappa shape index (κ3) is 37.1. The Morgan fingerprint density at radius 3 is 0.644 bits per heavy atom. The summed E-state index contributed by atoms with van der Waals surface area (Å²) in [5.74, 6) is 14.1. The summed E-state index contributed by atoms with van der Waals surface area (Å²) in [5.41, 5.74) is -0.211. The van der Waals surface area contributed by atoms with Gasteiger partial charge in [-0.2, -0.15) is 70.6 Å². The molecule has 0 saturated carbocycles. The van der Waals surface area contributed by atoms with Gasteiger partial charge < -0.3 is 49.3 Å². The zero-order chi connectivity index (χ0) is 54.1. The fourth-order valence-corrected chi connectivity index (χ4v) is 20.8. The van der Waals surface area contributed by atoms with Crippen LogP contribution in [0.5, 0.6) is 0 Å². The van der Waals surface area contributed by atoms with Crippen molar-refractivity contribution in [2.45, 2.75) is 191 Å². The molecule has 0 aliphatic heterocycles. The highest BCUT2D eigenvalue weighted by Gasteiger charge is 2.39. The molecule has 0 N–H and O–H groups in total. The normalized spacial score (nSPS) is 13.0. The fraction of sp³-hybridized carbons (Fsp3) is 1.00. The standard InChI is InChI=1S/C53H114O11S6Si3/c1-13-16-37-65-40-19-29-52(30-20-41-66-38-17-14-2,31-21-42-67-39-18-15-3)63-35-25-36-64-53(32-22-43-68-46-26-49-71(54-4,55-5)56-6,33-23-44-69-47-27-50-72(57-7,58-8)59-9)34-24-45-70-48-28-51-73(60-10,61-11)62-12/h13-51H2,1-12H3. The van der Waals surface area contributed by atoms with Crippen molar-refractivity contribution in [1.82, 2.24) is 0 Å². The zero-order valence-electron chi connectivity index (χ0n) is 49.0. The molecule has 0 unspecified atom stereocenters. The van der Waals surface area contributed by atoms with Crippen LogP contribution in [0.25, 0.3) is 0 Å². The molecule has 440 valence electrons. The minimum Gasteiger partial charge on any atom is -0.377 e. The third-order valence-electron chi connectivity index (χ3n) is 13.7. The second kappa shape index (κ2) is 51.2. The molecular formula is C53H114O11S6Si3. The lowest BCUT2D eigenvalue weighted by Crippen LogP contribution is -2.42. The van der Waals surface area contributed by atoms with E-state index in [4.69, 9.17) is 49.3 Å². The van der Waals surface area contributed by atoms with Gasteiger partial charge in [-0.1, -0.05) is 40.0 Å². The van der Waals surface area contributed by atoms with Gasteiger partial charge in [0.15, 0.2) is 0 Å². The summed E-state index contributed by atoms with van der Waals surface area (Å²) < 4.78 is 66.0. The number of rotatable bonds is 60. The van der Waals surface area contributed by atoms with Gasteiger partial charge >= 0.3 is 26.4 Å². The van der Waals surface area contributed by atoms with Gasteiger partial charge in [-0.3, -0.25) is 0 Å². The van der Waals surface area contributed by atoms with E-state index >= 15 is 0 Å². The summed E-state index contributed by atoms with van der Waals surface area (Å²) >= 11 is 12.5. The molecule has 20 heteroatoms. The monoisotopic (exact) mass is 1200 g/mol. The van der Waals surface area contributed by atoms with Crippen LogP contribution < -0.4 is 0 Å². The predicted octanol–water partition coefficient (Wildman–Crippen LogP) is 15.2. The second-order valence-corrected chi connectivity index (χ2v) is 35.6. The molecule has 0 atom stereocenters. The van der Waals surface area contributed by atoms with Gasteiger partial charge in [0.05, 0.1) is 11.2 Å². The maximum Gasteiger partial charge on any atom is 0.500 e. The van der Waals surface area contributed by atoms with E-state index in [1.165, 1.54) is 112 Å². The Bertz CT molecular complexity index is 1020. The Hall–Kier alpha value is 2.31. The summed E-state index contributed by atoms with van der Waals surface area (Å²) in [6, 6.07) is 2.50. The minimum atomic E-state index is -2.56. The van der Waals surface area contributed by atoms with Crippen molar-refractivity contribution >= 4 is 97.0 Å². The molecule has 0 aromatic heterocycles. The first kappa shape index (κ1) is 75.3. The lowest BCUT2D eigenvalue weighted by atomic mass is 9.87. The van der Waals surface area contributed by atoms with Crippen LogP contribution in [-0.4, -0.2) is 184 Å². The van der Waals surface area contributed by atoms with Crippen LogP contribution in [0, 0.1) is 0 Å². The van der Waals surface area contributed by atoms with Gasteiger partial charge in [0, 0.05) is 95.3 Å². The number of unbranched alkanes of at least 4 members (excludes halogenated alkanes) is 3. The van der Waals surface area contributed by atoms with Crippen molar-refractivity contribution in [2.24, 2.45) is 0 Å². The van der Waals surface area contributed by atoms with Crippen molar-refractivity contribution in [3.63, 3.8) is 0 Å². The maximum atomic E-state index is 7.35. The van der Waals surface area contributed by atoms with Gasteiger partial charge in [-0.25, -0.2) is 0 Å². The van der Waals surface area contributed by atoms with E-state index in [9.17, 15) is 0 Å². The highest BCUT2D eigenvalue weighted by molar-refractivity contribution is 8.00. The highest BCUT2D eigenvalue weighted by Crippen LogP contribution is 2.35. The first-order chi connectivity index (χ1) is 35.6. The molecule has 0 radical (unpaired) electrons. The molecule has 0 aromatic rings. The SMILES string of the molecule is CCCCSCCCC(CCCSCCCC)(CCCSCCCC)OCCCOC(CCCSCCC[Si](OC)(OC)OC)(CCCSCCC[Si](OC)(OC)OC)CCCSCCC[Si](OC)(OC)OC.